The van der Waals surface area contributed by atoms with E-state index in [0.717, 1.165) is 25.7 Å². The molecule has 4 rings (SSSR count). The fourth-order valence-corrected chi connectivity index (χ4v) is 4.16. The van der Waals surface area contributed by atoms with Crippen molar-refractivity contribution in [3.05, 3.63) is 36.5 Å². The fraction of sp³-hybridized carbons (Fsp3) is 0.389. The van der Waals surface area contributed by atoms with Gasteiger partial charge in [-0.1, -0.05) is 25.0 Å². The number of carbonyl (C=O) groups excluding carboxylic acids is 1. The molecule has 6 nitrogen and oxygen atoms in total. The van der Waals surface area contributed by atoms with Gasteiger partial charge in [0, 0.05) is 6.07 Å². The molecule has 1 aliphatic carbocycles. The van der Waals surface area contributed by atoms with Crippen LogP contribution in [0.5, 0.6) is 0 Å². The maximum atomic E-state index is 12.9. The number of benzene rings is 1. The average molecular weight is 391 g/mol. The van der Waals surface area contributed by atoms with Crippen LogP contribution in [0.15, 0.2) is 41.7 Å². The molecule has 1 aliphatic rings. The number of nitrogens with one attached hydrogen (secondary N) is 1. The smallest absolute Gasteiger partial charge is 0.291 e. The molecule has 1 saturated carbocycles. The standard InChI is InChI=1S/C18H19F2N5OS/c19-17(20)27-18-22-13-7-3-4-8-14(13)24(18)11-16(26)23-15-9-10-21-25(15)12-5-1-2-6-12/h3-4,7-10,12,17H,1-2,5-6,11H2,(H,23,26). The minimum atomic E-state index is -2.60. The van der Waals surface area contributed by atoms with E-state index in [2.05, 4.69) is 15.4 Å². The van der Waals surface area contributed by atoms with Gasteiger partial charge in [-0.05, 0) is 36.7 Å². The lowest BCUT2D eigenvalue weighted by Gasteiger charge is -2.15. The van der Waals surface area contributed by atoms with E-state index < -0.39 is 5.76 Å². The molecule has 9 heteroatoms. The van der Waals surface area contributed by atoms with E-state index in [0.29, 0.717) is 34.7 Å². The summed E-state index contributed by atoms with van der Waals surface area (Å²) >= 11 is 0.345. The molecule has 0 unspecified atom stereocenters. The minimum Gasteiger partial charge on any atom is -0.309 e. The molecule has 1 fully saturated rings. The van der Waals surface area contributed by atoms with E-state index in [1.807, 2.05) is 4.68 Å². The first-order valence-corrected chi connectivity index (χ1v) is 9.73. The second kappa shape index (κ2) is 7.67. The predicted octanol–water partition coefficient (Wildman–Crippen LogP) is 4.30. The van der Waals surface area contributed by atoms with Crippen LogP contribution in [0, 0.1) is 0 Å². The molecule has 0 saturated heterocycles. The Morgan fingerprint density at radius 2 is 2.04 bits per heavy atom. The SMILES string of the molecule is O=C(Cn1c(SC(F)F)nc2ccccc21)Nc1ccnn1C1CCCC1. The van der Waals surface area contributed by atoms with Gasteiger partial charge >= 0.3 is 0 Å². The van der Waals surface area contributed by atoms with Crippen LogP contribution in [0.2, 0.25) is 0 Å². The Hall–Kier alpha value is -2.42. The number of fused-ring (bicyclic) bond motifs is 1. The molecule has 1 amide bonds. The highest BCUT2D eigenvalue weighted by atomic mass is 32.2. The minimum absolute atomic E-state index is 0.0919. The van der Waals surface area contributed by atoms with Crippen LogP contribution in [-0.2, 0) is 11.3 Å². The summed E-state index contributed by atoms with van der Waals surface area (Å²) in [6.45, 7) is -0.0919. The third-order valence-electron chi connectivity index (χ3n) is 4.72. The molecule has 1 aromatic carbocycles. The summed E-state index contributed by atoms with van der Waals surface area (Å²) in [5, 5.41) is 7.33. The zero-order valence-electron chi connectivity index (χ0n) is 14.5. The first kappa shape index (κ1) is 18.0. The van der Waals surface area contributed by atoms with Crippen LogP contribution < -0.4 is 5.32 Å². The van der Waals surface area contributed by atoms with Crippen molar-refractivity contribution < 1.29 is 13.6 Å². The Morgan fingerprint density at radius 3 is 2.81 bits per heavy atom. The molecule has 27 heavy (non-hydrogen) atoms. The summed E-state index contributed by atoms with van der Waals surface area (Å²) in [5.74, 6) is -2.26. The van der Waals surface area contributed by atoms with E-state index in [9.17, 15) is 13.6 Å². The van der Waals surface area contributed by atoms with Gasteiger partial charge in [0.15, 0.2) is 5.16 Å². The number of para-hydroxylation sites is 2. The third-order valence-corrected chi connectivity index (χ3v) is 5.42. The van der Waals surface area contributed by atoms with Crippen molar-refractivity contribution >= 4 is 34.5 Å². The van der Waals surface area contributed by atoms with E-state index in [1.54, 1.807) is 36.5 Å². The highest BCUT2D eigenvalue weighted by Crippen LogP contribution is 2.31. The molecule has 2 aromatic heterocycles. The lowest BCUT2D eigenvalue weighted by molar-refractivity contribution is -0.116. The molecular weight excluding hydrogens is 372 g/mol. The normalized spacial score (nSPS) is 15.1. The van der Waals surface area contributed by atoms with Crippen LogP contribution in [-0.4, -0.2) is 31.0 Å². The molecule has 2 heterocycles. The van der Waals surface area contributed by atoms with Gasteiger partial charge in [0.25, 0.3) is 5.76 Å². The average Bonchev–Trinajstić information content (AvgIpc) is 3.35. The summed E-state index contributed by atoms with van der Waals surface area (Å²) in [7, 11) is 0. The molecule has 1 N–H and O–H groups in total. The number of carbonyl (C=O) groups is 1. The summed E-state index contributed by atoms with van der Waals surface area (Å²) < 4.78 is 29.2. The second-order valence-corrected chi connectivity index (χ2v) is 7.45. The van der Waals surface area contributed by atoms with Crippen molar-refractivity contribution in [3.63, 3.8) is 0 Å². The van der Waals surface area contributed by atoms with E-state index in [1.165, 1.54) is 4.57 Å². The molecule has 3 aromatic rings. The Morgan fingerprint density at radius 1 is 1.26 bits per heavy atom. The number of rotatable bonds is 6. The van der Waals surface area contributed by atoms with Crippen LogP contribution >= 0.6 is 11.8 Å². The number of halogens is 2. The topological polar surface area (TPSA) is 64.7 Å². The number of thioether (sulfide) groups is 1. The number of anilines is 1. The monoisotopic (exact) mass is 391 g/mol. The van der Waals surface area contributed by atoms with Gasteiger partial charge in [0.05, 0.1) is 23.3 Å². The Bertz CT molecular complexity index is 948. The van der Waals surface area contributed by atoms with Gasteiger partial charge in [-0.3, -0.25) is 4.79 Å². The Balaban J connectivity index is 1.56. The number of nitrogens with zero attached hydrogens (tertiary/aromatic N) is 4. The fourth-order valence-electron chi connectivity index (χ4n) is 3.55. The number of aromatic nitrogens is 4. The number of imidazole rings is 1. The first-order chi connectivity index (χ1) is 13.1. The molecule has 0 atom stereocenters. The predicted molar refractivity (Wildman–Crippen MR) is 100.0 cm³/mol. The van der Waals surface area contributed by atoms with Gasteiger partial charge in [-0.15, -0.1) is 0 Å². The molecular formula is C18H19F2N5OS. The van der Waals surface area contributed by atoms with Crippen molar-refractivity contribution in [2.75, 3.05) is 5.32 Å². The van der Waals surface area contributed by atoms with Crippen LogP contribution in [0.25, 0.3) is 11.0 Å². The maximum Gasteiger partial charge on any atom is 0.291 e. The van der Waals surface area contributed by atoms with Crippen molar-refractivity contribution in [1.29, 1.82) is 0 Å². The molecule has 142 valence electrons. The van der Waals surface area contributed by atoms with Gasteiger partial charge in [-0.2, -0.15) is 13.9 Å². The molecule has 0 aliphatic heterocycles. The third kappa shape index (κ3) is 3.83. The highest BCUT2D eigenvalue weighted by Gasteiger charge is 2.22. The zero-order valence-corrected chi connectivity index (χ0v) is 15.3. The highest BCUT2D eigenvalue weighted by molar-refractivity contribution is 7.99. The van der Waals surface area contributed by atoms with Crippen molar-refractivity contribution in [3.8, 4) is 0 Å². The van der Waals surface area contributed by atoms with Crippen LogP contribution in [0.3, 0.4) is 0 Å². The van der Waals surface area contributed by atoms with Crippen molar-refractivity contribution in [2.24, 2.45) is 0 Å². The van der Waals surface area contributed by atoms with Gasteiger partial charge < -0.3 is 9.88 Å². The molecule has 0 bridgehead atoms. The summed E-state index contributed by atoms with van der Waals surface area (Å²) in [6, 6.07) is 9.16. The Kier molecular flexibility index (Phi) is 5.11. The second-order valence-electron chi connectivity index (χ2n) is 6.50. The number of hydrogen-bond donors (Lipinski definition) is 1. The lowest BCUT2D eigenvalue weighted by Crippen LogP contribution is -2.22. The van der Waals surface area contributed by atoms with E-state index in [-0.39, 0.29) is 17.6 Å². The molecule has 0 spiro atoms. The quantitative estimate of drug-likeness (QED) is 0.636. The van der Waals surface area contributed by atoms with Gasteiger partial charge in [0.2, 0.25) is 5.91 Å². The van der Waals surface area contributed by atoms with E-state index in [4.69, 9.17) is 0 Å². The van der Waals surface area contributed by atoms with Gasteiger partial charge in [-0.25, -0.2) is 9.67 Å². The van der Waals surface area contributed by atoms with Crippen LogP contribution in [0.1, 0.15) is 31.7 Å². The maximum absolute atomic E-state index is 12.9. The largest absolute Gasteiger partial charge is 0.309 e. The molecule has 0 radical (unpaired) electrons. The van der Waals surface area contributed by atoms with Gasteiger partial charge in [0.1, 0.15) is 12.4 Å². The number of hydrogen-bond acceptors (Lipinski definition) is 4. The van der Waals surface area contributed by atoms with Crippen LogP contribution in [0.4, 0.5) is 14.6 Å². The number of alkyl halides is 2. The Labute approximate surface area is 158 Å². The lowest BCUT2D eigenvalue weighted by atomic mass is 10.2. The summed E-state index contributed by atoms with van der Waals surface area (Å²) in [6.07, 6.45) is 6.08. The van der Waals surface area contributed by atoms with Crippen molar-refractivity contribution in [1.82, 2.24) is 19.3 Å². The summed E-state index contributed by atoms with van der Waals surface area (Å²) in [5.41, 5.74) is 1.24. The van der Waals surface area contributed by atoms with E-state index >= 15 is 0 Å². The first-order valence-electron chi connectivity index (χ1n) is 8.85. The summed E-state index contributed by atoms with van der Waals surface area (Å²) in [4.78, 5) is 16.9. The van der Waals surface area contributed by atoms with Crippen molar-refractivity contribution in [2.45, 2.75) is 49.2 Å². The number of amides is 1. The zero-order chi connectivity index (χ0) is 18.8.